The van der Waals surface area contributed by atoms with Crippen LogP contribution in [0.1, 0.15) is 5.82 Å². The molecule has 2 aromatic rings. The van der Waals surface area contributed by atoms with Crippen LogP contribution in [0.15, 0.2) is 18.5 Å². The van der Waals surface area contributed by atoms with Crippen LogP contribution >= 0.6 is 22.6 Å². The van der Waals surface area contributed by atoms with E-state index in [1.807, 2.05) is 0 Å². The van der Waals surface area contributed by atoms with Crippen LogP contribution in [0, 0.1) is 19.5 Å². The molecule has 0 aliphatic carbocycles. The molecule has 1 aromatic carbocycles. The smallest absolute Gasteiger partial charge is 0.293 e. The second-order valence-corrected chi connectivity index (χ2v) is 4.91. The molecule has 9 heteroatoms. The van der Waals surface area contributed by atoms with Crippen LogP contribution in [-0.2, 0) is 13.6 Å². The first-order valence-corrected chi connectivity index (χ1v) is 6.27. The van der Waals surface area contributed by atoms with Gasteiger partial charge in [-0.2, -0.15) is 0 Å². The lowest BCUT2D eigenvalue weighted by atomic mass is 10.2. The normalized spacial score (nSPS) is 10.5. The molecule has 2 rings (SSSR count). The van der Waals surface area contributed by atoms with Crippen LogP contribution in [0.25, 0.3) is 0 Å². The van der Waals surface area contributed by atoms with Gasteiger partial charge >= 0.3 is 0 Å². The summed E-state index contributed by atoms with van der Waals surface area (Å²) in [5, 5.41) is 21.2. The predicted molar refractivity (Wildman–Crippen MR) is 74.1 cm³/mol. The first-order valence-electron chi connectivity index (χ1n) is 5.19. The molecule has 0 bridgehead atoms. The number of benzene rings is 1. The van der Waals surface area contributed by atoms with Crippen molar-refractivity contribution in [3.05, 3.63) is 43.8 Å². The second kappa shape index (κ2) is 5.47. The Labute approximate surface area is 121 Å². The molecule has 7 nitrogen and oxygen atoms in total. The summed E-state index contributed by atoms with van der Waals surface area (Å²) < 4.78 is 15.3. The summed E-state index contributed by atoms with van der Waals surface area (Å²) in [5.74, 6) is 0.0833. The highest BCUT2D eigenvalue weighted by Crippen LogP contribution is 2.28. The lowest BCUT2D eigenvalue weighted by Gasteiger charge is -2.07. The number of nitrogens with one attached hydrogen (secondary N) is 1. The molecule has 0 saturated heterocycles. The van der Waals surface area contributed by atoms with Crippen LogP contribution in [0.3, 0.4) is 0 Å². The van der Waals surface area contributed by atoms with Crippen molar-refractivity contribution in [1.82, 2.24) is 14.8 Å². The first-order chi connectivity index (χ1) is 8.99. The number of hydrogen-bond donors (Lipinski definition) is 1. The number of anilines is 1. The van der Waals surface area contributed by atoms with Gasteiger partial charge in [-0.05, 0) is 22.6 Å². The number of hydrogen-bond acceptors (Lipinski definition) is 5. The SMILES string of the molecule is Cn1cnnc1CNc1cc(F)c(I)cc1[N+](=O)[O-]. The molecule has 0 aliphatic heterocycles. The third-order valence-corrected chi connectivity index (χ3v) is 3.30. The van der Waals surface area contributed by atoms with Crippen LogP contribution in [0.4, 0.5) is 15.8 Å². The molecule has 1 N–H and O–H groups in total. The van der Waals surface area contributed by atoms with Crippen LogP contribution in [0.2, 0.25) is 0 Å². The maximum atomic E-state index is 13.5. The van der Waals surface area contributed by atoms with E-state index in [1.54, 1.807) is 34.2 Å². The van der Waals surface area contributed by atoms with Gasteiger partial charge in [-0.15, -0.1) is 10.2 Å². The highest BCUT2D eigenvalue weighted by atomic mass is 127. The molecule has 0 fully saturated rings. The van der Waals surface area contributed by atoms with E-state index >= 15 is 0 Å². The van der Waals surface area contributed by atoms with Gasteiger partial charge in [0.15, 0.2) is 5.82 Å². The highest BCUT2D eigenvalue weighted by Gasteiger charge is 2.17. The van der Waals surface area contributed by atoms with Crippen molar-refractivity contribution in [1.29, 1.82) is 0 Å². The number of halogens is 2. The van der Waals surface area contributed by atoms with E-state index in [-0.39, 0.29) is 21.5 Å². The summed E-state index contributed by atoms with van der Waals surface area (Å²) in [7, 11) is 1.75. The Morgan fingerprint density at radius 2 is 2.32 bits per heavy atom. The Balaban J connectivity index is 2.26. The van der Waals surface area contributed by atoms with Crippen molar-refractivity contribution in [2.24, 2.45) is 7.05 Å². The molecule has 0 amide bonds. The topological polar surface area (TPSA) is 85.9 Å². The Kier molecular flexibility index (Phi) is 3.93. The Bertz CT molecular complexity index is 630. The van der Waals surface area contributed by atoms with E-state index in [0.717, 1.165) is 6.07 Å². The third kappa shape index (κ3) is 2.97. The lowest BCUT2D eigenvalue weighted by Crippen LogP contribution is -2.08. The van der Waals surface area contributed by atoms with E-state index in [1.165, 1.54) is 12.4 Å². The molecule has 0 saturated carbocycles. The Morgan fingerprint density at radius 1 is 1.58 bits per heavy atom. The number of rotatable bonds is 4. The number of aryl methyl sites for hydroxylation is 1. The molecule has 0 atom stereocenters. The summed E-state index contributed by atoms with van der Waals surface area (Å²) in [5.41, 5.74) is -0.0566. The maximum Gasteiger partial charge on any atom is 0.293 e. The fourth-order valence-electron chi connectivity index (χ4n) is 1.47. The van der Waals surface area contributed by atoms with Gasteiger partial charge in [0.05, 0.1) is 15.0 Å². The van der Waals surface area contributed by atoms with Crippen molar-refractivity contribution in [3.63, 3.8) is 0 Å². The van der Waals surface area contributed by atoms with Crippen molar-refractivity contribution in [3.8, 4) is 0 Å². The van der Waals surface area contributed by atoms with Gasteiger partial charge in [0.2, 0.25) is 0 Å². The maximum absolute atomic E-state index is 13.5. The minimum absolute atomic E-state index is 0.117. The number of nitro benzene ring substituents is 1. The fourth-order valence-corrected chi connectivity index (χ4v) is 1.92. The van der Waals surface area contributed by atoms with Crippen molar-refractivity contribution >= 4 is 34.0 Å². The zero-order valence-corrected chi connectivity index (χ0v) is 12.0. The number of nitro groups is 1. The highest BCUT2D eigenvalue weighted by molar-refractivity contribution is 14.1. The molecular weight excluding hydrogens is 368 g/mol. The first kappa shape index (κ1) is 13.6. The predicted octanol–water partition coefficient (Wildman–Crippen LogP) is 2.08. The monoisotopic (exact) mass is 377 g/mol. The van der Waals surface area contributed by atoms with Gasteiger partial charge in [-0.25, -0.2) is 4.39 Å². The summed E-state index contributed by atoms with van der Waals surface area (Å²) >= 11 is 1.71. The van der Waals surface area contributed by atoms with Crippen molar-refractivity contribution < 1.29 is 9.31 Å². The minimum atomic E-state index is -0.555. The van der Waals surface area contributed by atoms with Gasteiger partial charge in [0, 0.05) is 19.2 Å². The van der Waals surface area contributed by atoms with Gasteiger partial charge in [-0.1, -0.05) is 0 Å². The largest absolute Gasteiger partial charge is 0.372 e. The lowest BCUT2D eigenvalue weighted by molar-refractivity contribution is -0.384. The fraction of sp³-hybridized carbons (Fsp3) is 0.200. The van der Waals surface area contributed by atoms with E-state index in [9.17, 15) is 14.5 Å². The summed E-state index contributed by atoms with van der Waals surface area (Å²) in [6.07, 6.45) is 1.51. The average molecular weight is 377 g/mol. The van der Waals surface area contributed by atoms with Crippen molar-refractivity contribution in [2.45, 2.75) is 6.54 Å². The summed E-state index contributed by atoms with van der Waals surface area (Å²) in [4.78, 5) is 10.4. The molecule has 1 heterocycles. The minimum Gasteiger partial charge on any atom is -0.372 e. The van der Waals surface area contributed by atoms with E-state index in [0.29, 0.717) is 5.82 Å². The van der Waals surface area contributed by atoms with Gasteiger partial charge in [0.25, 0.3) is 5.69 Å². The van der Waals surface area contributed by atoms with Crippen LogP contribution < -0.4 is 5.32 Å². The zero-order chi connectivity index (χ0) is 14.0. The Morgan fingerprint density at radius 3 is 2.89 bits per heavy atom. The molecule has 1 aromatic heterocycles. The molecule has 0 aliphatic rings. The Hall–Kier alpha value is -1.78. The second-order valence-electron chi connectivity index (χ2n) is 3.75. The molecular formula is C10H9FIN5O2. The molecule has 19 heavy (non-hydrogen) atoms. The van der Waals surface area contributed by atoms with Gasteiger partial charge < -0.3 is 9.88 Å². The molecule has 0 radical (unpaired) electrons. The van der Waals surface area contributed by atoms with Gasteiger partial charge in [0.1, 0.15) is 17.8 Å². The quantitative estimate of drug-likeness (QED) is 0.501. The van der Waals surface area contributed by atoms with E-state index in [4.69, 9.17) is 0 Å². The summed E-state index contributed by atoms with van der Waals surface area (Å²) in [6, 6.07) is 2.30. The zero-order valence-electron chi connectivity index (χ0n) is 9.80. The third-order valence-electron chi connectivity index (χ3n) is 2.48. The van der Waals surface area contributed by atoms with E-state index in [2.05, 4.69) is 15.5 Å². The van der Waals surface area contributed by atoms with Crippen LogP contribution in [0.5, 0.6) is 0 Å². The summed E-state index contributed by atoms with van der Waals surface area (Å²) in [6.45, 7) is 0.220. The van der Waals surface area contributed by atoms with Gasteiger partial charge in [-0.3, -0.25) is 10.1 Å². The number of nitrogens with zero attached hydrogens (tertiary/aromatic N) is 4. The molecule has 0 unspecified atom stereocenters. The van der Waals surface area contributed by atoms with Crippen molar-refractivity contribution in [2.75, 3.05) is 5.32 Å². The van der Waals surface area contributed by atoms with E-state index < -0.39 is 10.7 Å². The number of aromatic nitrogens is 3. The average Bonchev–Trinajstić information content (AvgIpc) is 2.75. The van der Waals surface area contributed by atoms with Crippen LogP contribution in [-0.4, -0.2) is 19.7 Å². The standard InChI is InChI=1S/C10H9FIN5O2/c1-16-5-14-15-10(16)4-13-8-2-6(11)7(12)3-9(8)17(18)19/h2-3,5,13H,4H2,1H3. The molecule has 100 valence electrons. The molecule has 0 spiro atoms.